The van der Waals surface area contributed by atoms with Crippen molar-refractivity contribution in [1.29, 1.82) is 5.26 Å². The molecule has 0 aliphatic rings. The van der Waals surface area contributed by atoms with E-state index < -0.39 is 17.7 Å². The molecule has 0 N–H and O–H groups in total. The van der Waals surface area contributed by atoms with Crippen molar-refractivity contribution in [3.8, 4) is 6.07 Å². The Balaban J connectivity index is 2.82. The van der Waals surface area contributed by atoms with Crippen LogP contribution in [-0.2, 0) is 20.7 Å². The largest absolute Gasteiger partial charge is 0.468 e. The SMILES string of the molecule is COC(=O)C(Cc1ccccc1)C(=O)CC#N. The molecule has 0 radical (unpaired) electrons. The van der Waals surface area contributed by atoms with Crippen LogP contribution in [0.2, 0.25) is 0 Å². The van der Waals surface area contributed by atoms with E-state index in [0.29, 0.717) is 0 Å². The van der Waals surface area contributed by atoms with E-state index >= 15 is 0 Å². The van der Waals surface area contributed by atoms with Crippen LogP contribution in [0.5, 0.6) is 0 Å². The summed E-state index contributed by atoms with van der Waals surface area (Å²) in [4.78, 5) is 23.1. The zero-order valence-electron chi connectivity index (χ0n) is 9.55. The van der Waals surface area contributed by atoms with E-state index in [4.69, 9.17) is 5.26 Å². The number of nitrogens with zero attached hydrogens (tertiary/aromatic N) is 1. The summed E-state index contributed by atoms with van der Waals surface area (Å²) in [7, 11) is 1.24. The third kappa shape index (κ3) is 3.72. The van der Waals surface area contributed by atoms with Crippen LogP contribution in [0.25, 0.3) is 0 Å². The minimum atomic E-state index is -0.887. The molecular formula is C13H13NO3. The smallest absolute Gasteiger partial charge is 0.316 e. The van der Waals surface area contributed by atoms with Crippen molar-refractivity contribution in [3.63, 3.8) is 0 Å². The van der Waals surface area contributed by atoms with E-state index in [0.717, 1.165) is 5.56 Å². The molecule has 4 heteroatoms. The predicted octanol–water partition coefficient (Wildman–Crippen LogP) is 1.50. The Hall–Kier alpha value is -2.15. The summed E-state index contributed by atoms with van der Waals surface area (Å²) in [5, 5.41) is 8.48. The minimum Gasteiger partial charge on any atom is -0.468 e. The number of methoxy groups -OCH3 is 1. The van der Waals surface area contributed by atoms with Crippen molar-refractivity contribution in [1.82, 2.24) is 0 Å². The number of nitriles is 1. The first-order chi connectivity index (χ1) is 8.19. The second-order valence-corrected chi connectivity index (χ2v) is 3.57. The van der Waals surface area contributed by atoms with Gasteiger partial charge in [-0.05, 0) is 12.0 Å². The highest BCUT2D eigenvalue weighted by Gasteiger charge is 2.27. The van der Waals surface area contributed by atoms with Crippen LogP contribution in [0, 0.1) is 17.2 Å². The number of rotatable bonds is 5. The molecule has 0 aliphatic carbocycles. The van der Waals surface area contributed by atoms with Crippen molar-refractivity contribution in [2.24, 2.45) is 5.92 Å². The number of carbonyl (C=O) groups is 2. The van der Waals surface area contributed by atoms with Gasteiger partial charge in [-0.25, -0.2) is 0 Å². The Morgan fingerprint density at radius 2 is 2.00 bits per heavy atom. The fourth-order valence-electron chi connectivity index (χ4n) is 1.52. The number of esters is 1. The summed E-state index contributed by atoms with van der Waals surface area (Å²) in [5.41, 5.74) is 0.870. The average Bonchev–Trinajstić information content (AvgIpc) is 2.36. The van der Waals surface area contributed by atoms with Crippen LogP contribution in [-0.4, -0.2) is 18.9 Å². The summed E-state index contributed by atoms with van der Waals surface area (Å²) < 4.78 is 4.58. The lowest BCUT2D eigenvalue weighted by Crippen LogP contribution is -2.27. The minimum absolute atomic E-state index is 0.271. The molecule has 0 fully saturated rings. The Labute approximate surface area is 99.8 Å². The number of hydrogen-bond acceptors (Lipinski definition) is 4. The van der Waals surface area contributed by atoms with Crippen LogP contribution < -0.4 is 0 Å². The lowest BCUT2D eigenvalue weighted by molar-refractivity contribution is -0.149. The highest BCUT2D eigenvalue weighted by Crippen LogP contribution is 2.13. The van der Waals surface area contributed by atoms with Gasteiger partial charge < -0.3 is 4.74 Å². The second kappa shape index (κ2) is 6.44. The lowest BCUT2D eigenvalue weighted by Gasteiger charge is -2.11. The third-order valence-corrected chi connectivity index (χ3v) is 2.41. The summed E-state index contributed by atoms with van der Waals surface area (Å²) >= 11 is 0. The molecule has 0 spiro atoms. The summed E-state index contributed by atoms with van der Waals surface area (Å²) in [6, 6.07) is 10.9. The van der Waals surface area contributed by atoms with Gasteiger partial charge in [0.15, 0.2) is 5.78 Å². The Morgan fingerprint density at radius 1 is 1.35 bits per heavy atom. The van der Waals surface area contributed by atoms with Crippen LogP contribution >= 0.6 is 0 Å². The van der Waals surface area contributed by atoms with E-state index in [1.54, 1.807) is 6.07 Å². The zero-order chi connectivity index (χ0) is 12.7. The van der Waals surface area contributed by atoms with E-state index in [1.165, 1.54) is 7.11 Å². The first-order valence-corrected chi connectivity index (χ1v) is 5.20. The molecular weight excluding hydrogens is 218 g/mol. The number of hydrogen-bond donors (Lipinski definition) is 0. The molecule has 1 atom stereocenters. The van der Waals surface area contributed by atoms with Crippen LogP contribution in [0.1, 0.15) is 12.0 Å². The highest BCUT2D eigenvalue weighted by atomic mass is 16.5. The van der Waals surface area contributed by atoms with Gasteiger partial charge in [0.1, 0.15) is 5.92 Å². The van der Waals surface area contributed by atoms with E-state index in [2.05, 4.69) is 4.74 Å². The molecule has 4 nitrogen and oxygen atoms in total. The number of ether oxygens (including phenoxy) is 1. The molecule has 0 bridgehead atoms. The van der Waals surface area contributed by atoms with Crippen molar-refractivity contribution in [3.05, 3.63) is 35.9 Å². The molecule has 0 aliphatic heterocycles. The van der Waals surface area contributed by atoms with E-state index in [-0.39, 0.29) is 12.8 Å². The molecule has 0 saturated carbocycles. The standard InChI is InChI=1S/C13H13NO3/c1-17-13(16)11(12(15)7-8-14)9-10-5-3-2-4-6-10/h2-6,11H,7,9H2,1H3. The molecule has 1 rings (SSSR count). The van der Waals surface area contributed by atoms with Gasteiger partial charge in [-0.1, -0.05) is 30.3 Å². The quantitative estimate of drug-likeness (QED) is 0.569. The van der Waals surface area contributed by atoms with Crippen LogP contribution in [0.4, 0.5) is 0 Å². The molecule has 1 aromatic carbocycles. The average molecular weight is 231 g/mol. The summed E-state index contributed by atoms with van der Waals surface area (Å²) in [6.07, 6.45) is 0.000622. The van der Waals surface area contributed by atoms with Gasteiger partial charge in [-0.15, -0.1) is 0 Å². The van der Waals surface area contributed by atoms with Gasteiger partial charge in [-0.2, -0.15) is 5.26 Å². The van der Waals surface area contributed by atoms with Crippen LogP contribution in [0.15, 0.2) is 30.3 Å². The maximum absolute atomic E-state index is 11.6. The number of carbonyl (C=O) groups excluding carboxylic acids is 2. The number of ketones is 1. The first-order valence-electron chi connectivity index (χ1n) is 5.20. The van der Waals surface area contributed by atoms with Gasteiger partial charge >= 0.3 is 5.97 Å². The van der Waals surface area contributed by atoms with Gasteiger partial charge in [0.25, 0.3) is 0 Å². The normalized spacial score (nSPS) is 11.3. The summed E-state index contributed by atoms with van der Waals surface area (Å²) in [5.74, 6) is -1.88. The lowest BCUT2D eigenvalue weighted by atomic mass is 9.94. The molecule has 0 amide bonds. The highest BCUT2D eigenvalue weighted by molar-refractivity contribution is 6.00. The molecule has 17 heavy (non-hydrogen) atoms. The fraction of sp³-hybridized carbons (Fsp3) is 0.308. The Morgan fingerprint density at radius 3 is 2.53 bits per heavy atom. The third-order valence-electron chi connectivity index (χ3n) is 2.41. The topological polar surface area (TPSA) is 67.2 Å². The van der Waals surface area contributed by atoms with Crippen molar-refractivity contribution >= 4 is 11.8 Å². The Kier molecular flexibility index (Phi) is 4.89. The first kappa shape index (κ1) is 12.9. The maximum atomic E-state index is 11.6. The van der Waals surface area contributed by atoms with Gasteiger partial charge in [0, 0.05) is 0 Å². The number of benzene rings is 1. The molecule has 88 valence electrons. The van der Waals surface area contributed by atoms with E-state index in [9.17, 15) is 9.59 Å². The monoisotopic (exact) mass is 231 g/mol. The molecule has 0 heterocycles. The van der Waals surface area contributed by atoms with Crippen molar-refractivity contribution < 1.29 is 14.3 Å². The zero-order valence-corrected chi connectivity index (χ0v) is 9.55. The van der Waals surface area contributed by atoms with Gasteiger partial charge in [0.05, 0.1) is 19.6 Å². The second-order valence-electron chi connectivity index (χ2n) is 3.57. The summed E-state index contributed by atoms with van der Waals surface area (Å²) in [6.45, 7) is 0. The molecule has 1 aromatic rings. The Bertz CT molecular complexity index is 434. The molecule has 1 unspecified atom stereocenters. The molecule has 0 aromatic heterocycles. The molecule has 0 saturated heterocycles. The van der Waals surface area contributed by atoms with Crippen LogP contribution in [0.3, 0.4) is 0 Å². The van der Waals surface area contributed by atoms with Gasteiger partial charge in [0.2, 0.25) is 0 Å². The maximum Gasteiger partial charge on any atom is 0.316 e. The predicted molar refractivity (Wildman–Crippen MR) is 60.9 cm³/mol. The number of Topliss-reactive ketones (excluding diaryl/α,β-unsaturated/α-hetero) is 1. The van der Waals surface area contributed by atoms with Gasteiger partial charge in [-0.3, -0.25) is 9.59 Å². The van der Waals surface area contributed by atoms with E-state index in [1.807, 2.05) is 30.3 Å². The van der Waals surface area contributed by atoms with Crippen molar-refractivity contribution in [2.75, 3.05) is 7.11 Å². The fourth-order valence-corrected chi connectivity index (χ4v) is 1.52. The van der Waals surface area contributed by atoms with Crippen molar-refractivity contribution in [2.45, 2.75) is 12.8 Å².